The zero-order chi connectivity index (χ0) is 27.3. The van der Waals surface area contributed by atoms with Crippen molar-refractivity contribution in [1.82, 2.24) is 9.97 Å². The van der Waals surface area contributed by atoms with Gasteiger partial charge in [0.25, 0.3) is 0 Å². The van der Waals surface area contributed by atoms with Crippen molar-refractivity contribution in [2.24, 2.45) is 5.92 Å². The molecule has 0 unspecified atom stereocenters. The molecule has 0 fully saturated rings. The van der Waals surface area contributed by atoms with Crippen LogP contribution in [0.25, 0.3) is 11.4 Å². The van der Waals surface area contributed by atoms with Crippen molar-refractivity contribution in [3.05, 3.63) is 69.9 Å². The number of carboxylic acid groups (broad SMARTS) is 1. The molecule has 3 rings (SSSR count). The number of rotatable bonds is 11. The van der Waals surface area contributed by atoms with Gasteiger partial charge in [-0.3, -0.25) is 0 Å². The number of aryl methyl sites for hydroxylation is 4. The molecule has 0 saturated carbocycles. The molecule has 0 spiro atoms. The van der Waals surface area contributed by atoms with E-state index in [1.54, 1.807) is 0 Å². The second-order valence-corrected chi connectivity index (χ2v) is 10.3. The molecule has 1 heterocycles. The molecule has 2 N–H and O–H groups in total. The molecule has 6 nitrogen and oxygen atoms in total. The predicted molar refractivity (Wildman–Crippen MR) is 150 cm³/mol. The molecule has 0 aliphatic heterocycles. The van der Waals surface area contributed by atoms with Crippen LogP contribution in [0.5, 0.6) is 5.75 Å². The normalized spacial score (nSPS) is 12.2. The third-order valence-corrected chi connectivity index (χ3v) is 6.91. The molecule has 37 heavy (non-hydrogen) atoms. The number of benzene rings is 2. The van der Waals surface area contributed by atoms with Crippen LogP contribution in [0.1, 0.15) is 81.0 Å². The van der Waals surface area contributed by atoms with Gasteiger partial charge < -0.3 is 15.2 Å². The van der Waals surface area contributed by atoms with E-state index >= 15 is 0 Å². The van der Waals surface area contributed by atoms with E-state index in [-0.39, 0.29) is 12.5 Å². The van der Waals surface area contributed by atoms with Crippen LogP contribution >= 0.6 is 0 Å². The Balaban J connectivity index is 2.12. The Labute approximate surface area is 221 Å². The van der Waals surface area contributed by atoms with E-state index < -0.39 is 12.0 Å². The summed E-state index contributed by atoms with van der Waals surface area (Å²) >= 11 is 0. The van der Waals surface area contributed by atoms with E-state index in [0.29, 0.717) is 17.6 Å². The van der Waals surface area contributed by atoms with Gasteiger partial charge in [-0.05, 0) is 66.8 Å². The number of carbonyl (C=O) groups is 1. The highest BCUT2D eigenvalue weighted by atomic mass is 16.5. The summed E-state index contributed by atoms with van der Waals surface area (Å²) in [7, 11) is 0. The van der Waals surface area contributed by atoms with Gasteiger partial charge in [0, 0.05) is 5.56 Å². The van der Waals surface area contributed by atoms with Crippen LogP contribution in [0, 0.1) is 19.8 Å². The summed E-state index contributed by atoms with van der Waals surface area (Å²) in [6.07, 6.45) is 1.71. The summed E-state index contributed by atoms with van der Waals surface area (Å²) in [5.74, 6) is 1.27. The van der Waals surface area contributed by atoms with Crippen LogP contribution < -0.4 is 10.1 Å². The van der Waals surface area contributed by atoms with Crippen LogP contribution in [-0.4, -0.2) is 27.1 Å². The Morgan fingerprint density at radius 3 is 2.19 bits per heavy atom. The molecule has 1 atom stereocenters. The lowest BCUT2D eigenvalue weighted by molar-refractivity contribution is -0.138. The Kier molecular flexibility index (Phi) is 9.30. The minimum Gasteiger partial charge on any atom is -0.488 e. The largest absolute Gasteiger partial charge is 0.488 e. The summed E-state index contributed by atoms with van der Waals surface area (Å²) in [5, 5.41) is 13.1. The van der Waals surface area contributed by atoms with Gasteiger partial charge in [0.1, 0.15) is 24.2 Å². The lowest BCUT2D eigenvalue weighted by Crippen LogP contribution is -2.35. The molecule has 0 saturated heterocycles. The second-order valence-electron chi connectivity index (χ2n) is 10.3. The van der Waals surface area contributed by atoms with Crippen molar-refractivity contribution in [3.8, 4) is 17.1 Å². The van der Waals surface area contributed by atoms with Gasteiger partial charge in [0.15, 0.2) is 5.82 Å². The number of ether oxygens (including phenoxy) is 1. The quantitative estimate of drug-likeness (QED) is 0.290. The Morgan fingerprint density at radius 2 is 1.65 bits per heavy atom. The van der Waals surface area contributed by atoms with Crippen molar-refractivity contribution < 1.29 is 14.6 Å². The number of carboxylic acids is 1. The lowest BCUT2D eigenvalue weighted by Gasteiger charge is -2.23. The number of anilines is 1. The molecule has 0 aliphatic rings. The fourth-order valence-electron chi connectivity index (χ4n) is 4.47. The number of hydrogen-bond acceptors (Lipinski definition) is 5. The molecule has 0 aliphatic carbocycles. The fourth-order valence-corrected chi connectivity index (χ4v) is 4.47. The van der Waals surface area contributed by atoms with Gasteiger partial charge in [-0.25, -0.2) is 14.8 Å². The van der Waals surface area contributed by atoms with Crippen LogP contribution in [0.3, 0.4) is 0 Å². The van der Waals surface area contributed by atoms with Crippen molar-refractivity contribution >= 4 is 11.8 Å². The third kappa shape index (κ3) is 6.48. The zero-order valence-electron chi connectivity index (χ0n) is 23.5. The fraction of sp³-hybridized carbons (Fsp3) is 0.452. The average molecular weight is 504 g/mol. The first-order chi connectivity index (χ1) is 17.6. The SMILES string of the molecule is CCc1cccc(CC)c1-c1nc(C)c(COc2cc(C(C)C)ccc2C)c(N[C@H](C(=O)O)C(C)C)n1. The Hall–Kier alpha value is -3.41. The number of hydrogen-bond donors (Lipinski definition) is 2. The van der Waals surface area contributed by atoms with E-state index in [9.17, 15) is 9.90 Å². The molecule has 1 aromatic heterocycles. The Morgan fingerprint density at radius 1 is 1.00 bits per heavy atom. The van der Waals surface area contributed by atoms with Crippen LogP contribution in [0.4, 0.5) is 5.82 Å². The van der Waals surface area contributed by atoms with Gasteiger partial charge in [-0.2, -0.15) is 0 Å². The van der Waals surface area contributed by atoms with Crippen molar-refractivity contribution in [2.45, 2.75) is 86.8 Å². The molecule has 3 aromatic rings. The average Bonchev–Trinajstić information content (AvgIpc) is 2.86. The topological polar surface area (TPSA) is 84.3 Å². The smallest absolute Gasteiger partial charge is 0.326 e. The first-order valence-electron chi connectivity index (χ1n) is 13.3. The van der Waals surface area contributed by atoms with E-state index in [1.165, 1.54) is 16.7 Å². The molecule has 0 amide bonds. The van der Waals surface area contributed by atoms with Crippen molar-refractivity contribution in [1.29, 1.82) is 0 Å². The van der Waals surface area contributed by atoms with Gasteiger partial charge in [-0.1, -0.05) is 71.9 Å². The molecule has 2 aromatic carbocycles. The molecular formula is C31H41N3O3. The summed E-state index contributed by atoms with van der Waals surface area (Å²) in [6.45, 7) is 16.5. The number of nitrogens with one attached hydrogen (secondary N) is 1. The van der Waals surface area contributed by atoms with Crippen LogP contribution in [0.2, 0.25) is 0 Å². The Bertz CT molecular complexity index is 1230. The second kappa shape index (κ2) is 12.2. The summed E-state index contributed by atoms with van der Waals surface area (Å²) in [4.78, 5) is 21.9. The maximum absolute atomic E-state index is 12.1. The highest BCUT2D eigenvalue weighted by Crippen LogP contribution is 2.31. The molecular weight excluding hydrogens is 462 g/mol. The number of nitrogens with zero attached hydrogens (tertiary/aromatic N) is 2. The summed E-state index contributed by atoms with van der Waals surface area (Å²) < 4.78 is 6.31. The van der Waals surface area contributed by atoms with Gasteiger partial charge in [0.2, 0.25) is 0 Å². The number of aromatic nitrogens is 2. The summed E-state index contributed by atoms with van der Waals surface area (Å²) in [6, 6.07) is 11.8. The van der Waals surface area contributed by atoms with Gasteiger partial charge in [0.05, 0.1) is 11.3 Å². The highest BCUT2D eigenvalue weighted by molar-refractivity contribution is 5.78. The first-order valence-corrected chi connectivity index (χ1v) is 13.3. The maximum atomic E-state index is 12.1. The minimum atomic E-state index is -0.914. The van der Waals surface area contributed by atoms with Crippen LogP contribution in [-0.2, 0) is 24.2 Å². The standard InChI is InChI=1S/C31H41N3O3/c1-9-22-12-11-13-23(10-2)27(22)30-32-21(8)25(29(34-30)33-28(19(5)6)31(35)36)17-37-26-16-24(18(3)4)15-14-20(26)7/h11-16,18-19,28H,9-10,17H2,1-8H3,(H,35,36)(H,32,33,34)/t28-/m0/s1. The van der Waals surface area contributed by atoms with E-state index in [4.69, 9.17) is 14.7 Å². The monoisotopic (exact) mass is 503 g/mol. The maximum Gasteiger partial charge on any atom is 0.326 e. The predicted octanol–water partition coefficient (Wildman–Crippen LogP) is 7.11. The highest BCUT2D eigenvalue weighted by Gasteiger charge is 2.25. The molecule has 0 radical (unpaired) electrons. The van der Waals surface area contributed by atoms with E-state index in [2.05, 4.69) is 69.4 Å². The van der Waals surface area contributed by atoms with Crippen LogP contribution in [0.15, 0.2) is 36.4 Å². The number of aliphatic carboxylic acids is 1. The van der Waals surface area contributed by atoms with Gasteiger partial charge in [-0.15, -0.1) is 0 Å². The first kappa shape index (κ1) is 28.2. The van der Waals surface area contributed by atoms with Crippen molar-refractivity contribution in [2.75, 3.05) is 5.32 Å². The van der Waals surface area contributed by atoms with E-state index in [1.807, 2.05) is 27.7 Å². The van der Waals surface area contributed by atoms with Crippen molar-refractivity contribution in [3.63, 3.8) is 0 Å². The minimum absolute atomic E-state index is 0.135. The molecule has 0 bridgehead atoms. The van der Waals surface area contributed by atoms with Gasteiger partial charge >= 0.3 is 5.97 Å². The molecule has 198 valence electrons. The summed E-state index contributed by atoms with van der Waals surface area (Å²) in [5.41, 5.74) is 7.16. The lowest BCUT2D eigenvalue weighted by atomic mass is 9.96. The zero-order valence-corrected chi connectivity index (χ0v) is 23.5. The third-order valence-electron chi connectivity index (χ3n) is 6.91. The van der Waals surface area contributed by atoms with E-state index in [0.717, 1.165) is 41.0 Å². The molecule has 6 heteroatoms.